The number of esters is 1. The first kappa shape index (κ1) is 16.5. The Morgan fingerprint density at radius 3 is 2.45 bits per heavy atom. The van der Waals surface area contributed by atoms with E-state index in [1.54, 1.807) is 31.2 Å². The molecule has 1 aliphatic rings. The normalized spacial score (nSPS) is 23.0. The zero-order chi connectivity index (χ0) is 16.4. The van der Waals surface area contributed by atoms with Crippen LogP contribution in [-0.2, 0) is 19.4 Å². The van der Waals surface area contributed by atoms with Crippen molar-refractivity contribution in [1.29, 1.82) is 0 Å². The van der Waals surface area contributed by atoms with Gasteiger partial charge in [-0.2, -0.15) is 0 Å². The van der Waals surface area contributed by atoms with Gasteiger partial charge in [0.05, 0.1) is 22.6 Å². The first-order chi connectivity index (χ1) is 10.2. The Morgan fingerprint density at radius 1 is 1.27 bits per heavy atom. The summed E-state index contributed by atoms with van der Waals surface area (Å²) in [7, 11) is -3.10. The Balaban J connectivity index is 1.85. The maximum Gasteiger partial charge on any atom is 0.338 e. The molecular formula is C15H19NO5S. The highest BCUT2D eigenvalue weighted by Gasteiger charge is 2.39. The van der Waals surface area contributed by atoms with E-state index < -0.39 is 33.9 Å². The SMILES string of the molecule is Cc1ccc(C(=O)OCC(=O)N[C@@]2(C)CCS(=O)(=O)C2)cc1. The molecule has 1 amide bonds. The van der Waals surface area contributed by atoms with Crippen LogP contribution in [0.3, 0.4) is 0 Å². The predicted octanol–water partition coefficient (Wildman–Crippen LogP) is 0.845. The van der Waals surface area contributed by atoms with Gasteiger partial charge >= 0.3 is 5.97 Å². The summed E-state index contributed by atoms with van der Waals surface area (Å²) in [4.78, 5) is 23.6. The zero-order valence-corrected chi connectivity index (χ0v) is 13.4. The van der Waals surface area contributed by atoms with Crippen LogP contribution in [0.5, 0.6) is 0 Å². The van der Waals surface area contributed by atoms with Gasteiger partial charge in [0, 0.05) is 0 Å². The van der Waals surface area contributed by atoms with Crippen LogP contribution in [-0.4, -0.2) is 43.9 Å². The van der Waals surface area contributed by atoms with Crippen LogP contribution in [0.15, 0.2) is 24.3 Å². The predicted molar refractivity (Wildman–Crippen MR) is 81.3 cm³/mol. The third kappa shape index (κ3) is 4.30. The fraction of sp³-hybridized carbons (Fsp3) is 0.467. The monoisotopic (exact) mass is 325 g/mol. The molecule has 0 spiro atoms. The summed E-state index contributed by atoms with van der Waals surface area (Å²) in [6.45, 7) is 3.15. The van der Waals surface area contributed by atoms with E-state index in [2.05, 4.69) is 5.32 Å². The highest BCUT2D eigenvalue weighted by atomic mass is 32.2. The quantitative estimate of drug-likeness (QED) is 0.829. The molecule has 22 heavy (non-hydrogen) atoms. The van der Waals surface area contributed by atoms with E-state index >= 15 is 0 Å². The molecule has 0 aromatic heterocycles. The largest absolute Gasteiger partial charge is 0.452 e. The van der Waals surface area contributed by atoms with Crippen molar-refractivity contribution in [2.24, 2.45) is 0 Å². The summed E-state index contributed by atoms with van der Waals surface area (Å²) < 4.78 is 27.9. The van der Waals surface area contributed by atoms with Gasteiger partial charge in [0.25, 0.3) is 5.91 Å². The van der Waals surface area contributed by atoms with Crippen LogP contribution in [0, 0.1) is 6.92 Å². The van der Waals surface area contributed by atoms with Gasteiger partial charge in [-0.05, 0) is 32.4 Å². The fourth-order valence-electron chi connectivity index (χ4n) is 2.39. The maximum atomic E-state index is 11.8. The van der Waals surface area contributed by atoms with E-state index in [-0.39, 0.29) is 11.5 Å². The molecule has 1 heterocycles. The Labute approximate surface area is 129 Å². The molecule has 0 unspecified atom stereocenters. The van der Waals surface area contributed by atoms with E-state index in [0.717, 1.165) is 5.56 Å². The van der Waals surface area contributed by atoms with E-state index in [1.807, 2.05) is 6.92 Å². The topological polar surface area (TPSA) is 89.5 Å². The van der Waals surface area contributed by atoms with Gasteiger partial charge in [-0.3, -0.25) is 4.79 Å². The van der Waals surface area contributed by atoms with E-state index in [0.29, 0.717) is 12.0 Å². The summed E-state index contributed by atoms with van der Waals surface area (Å²) in [5.74, 6) is -1.11. The standard InChI is InChI=1S/C15H19NO5S/c1-11-3-5-12(6-4-11)14(18)21-9-13(17)16-15(2)7-8-22(19,20)10-15/h3-6H,7-10H2,1-2H3,(H,16,17)/t15-/m0/s1. The van der Waals surface area contributed by atoms with Gasteiger partial charge in [0.1, 0.15) is 0 Å². The summed E-state index contributed by atoms with van der Waals surface area (Å²) in [5.41, 5.74) is 0.601. The number of rotatable bonds is 4. The summed E-state index contributed by atoms with van der Waals surface area (Å²) >= 11 is 0. The van der Waals surface area contributed by atoms with Gasteiger partial charge in [0.2, 0.25) is 0 Å². The van der Waals surface area contributed by atoms with Crippen LogP contribution >= 0.6 is 0 Å². The van der Waals surface area contributed by atoms with Gasteiger partial charge in [-0.1, -0.05) is 17.7 Å². The van der Waals surface area contributed by atoms with Crippen molar-refractivity contribution in [1.82, 2.24) is 5.32 Å². The fourth-order valence-corrected chi connectivity index (χ4v) is 4.48. The van der Waals surface area contributed by atoms with E-state index in [9.17, 15) is 18.0 Å². The van der Waals surface area contributed by atoms with Crippen LogP contribution in [0.4, 0.5) is 0 Å². The number of carbonyl (C=O) groups is 2. The summed E-state index contributed by atoms with van der Waals surface area (Å²) in [5, 5.41) is 2.63. The first-order valence-corrected chi connectivity index (χ1v) is 8.77. The second kappa shape index (κ2) is 6.08. The summed E-state index contributed by atoms with van der Waals surface area (Å²) in [6, 6.07) is 6.81. The van der Waals surface area contributed by atoms with Gasteiger partial charge in [-0.15, -0.1) is 0 Å². The second-order valence-corrected chi connectivity index (χ2v) is 8.08. The molecule has 0 radical (unpaired) electrons. The number of nitrogens with one attached hydrogen (secondary N) is 1. The lowest BCUT2D eigenvalue weighted by molar-refractivity contribution is -0.125. The molecule has 1 N–H and O–H groups in total. The molecule has 2 rings (SSSR count). The number of aryl methyl sites for hydroxylation is 1. The Hall–Kier alpha value is -1.89. The number of amides is 1. The smallest absolute Gasteiger partial charge is 0.338 e. The average molecular weight is 325 g/mol. The van der Waals surface area contributed by atoms with Crippen molar-refractivity contribution in [3.05, 3.63) is 35.4 Å². The molecule has 0 bridgehead atoms. The van der Waals surface area contributed by atoms with Crippen molar-refractivity contribution in [3.8, 4) is 0 Å². The molecule has 7 heteroatoms. The summed E-state index contributed by atoms with van der Waals surface area (Å²) in [6.07, 6.45) is 0.368. The second-order valence-electron chi connectivity index (χ2n) is 5.89. The zero-order valence-electron chi connectivity index (χ0n) is 12.6. The third-order valence-electron chi connectivity index (χ3n) is 3.57. The van der Waals surface area contributed by atoms with Gasteiger partial charge in [-0.25, -0.2) is 13.2 Å². The van der Waals surface area contributed by atoms with Crippen LogP contribution in [0.1, 0.15) is 29.3 Å². The molecule has 1 aliphatic heterocycles. The number of ether oxygens (including phenoxy) is 1. The van der Waals surface area contributed by atoms with Crippen LogP contribution in [0.2, 0.25) is 0 Å². The first-order valence-electron chi connectivity index (χ1n) is 6.94. The average Bonchev–Trinajstić information content (AvgIpc) is 2.70. The molecule has 0 saturated carbocycles. The molecule has 1 aromatic rings. The van der Waals surface area contributed by atoms with E-state index in [4.69, 9.17) is 4.74 Å². The van der Waals surface area contributed by atoms with Crippen LogP contribution < -0.4 is 5.32 Å². The Morgan fingerprint density at radius 2 is 1.91 bits per heavy atom. The molecule has 120 valence electrons. The van der Waals surface area contributed by atoms with Crippen molar-refractivity contribution < 1.29 is 22.7 Å². The Kier molecular flexibility index (Phi) is 4.55. The minimum absolute atomic E-state index is 0.0624. The molecule has 1 aromatic carbocycles. The minimum atomic E-state index is -3.10. The highest BCUT2D eigenvalue weighted by Crippen LogP contribution is 2.22. The lowest BCUT2D eigenvalue weighted by Crippen LogP contribution is -2.48. The number of hydrogen-bond donors (Lipinski definition) is 1. The highest BCUT2D eigenvalue weighted by molar-refractivity contribution is 7.91. The Bertz CT molecular complexity index is 680. The molecule has 6 nitrogen and oxygen atoms in total. The maximum absolute atomic E-state index is 11.8. The van der Waals surface area contributed by atoms with Crippen molar-refractivity contribution in [2.75, 3.05) is 18.1 Å². The lowest BCUT2D eigenvalue weighted by Gasteiger charge is -2.23. The van der Waals surface area contributed by atoms with Crippen molar-refractivity contribution >= 4 is 21.7 Å². The van der Waals surface area contributed by atoms with Gasteiger partial charge in [0.15, 0.2) is 16.4 Å². The molecule has 0 aliphatic carbocycles. The number of carbonyl (C=O) groups excluding carboxylic acids is 2. The number of hydrogen-bond acceptors (Lipinski definition) is 5. The third-order valence-corrected chi connectivity index (χ3v) is 5.47. The number of sulfone groups is 1. The minimum Gasteiger partial charge on any atom is -0.452 e. The lowest BCUT2D eigenvalue weighted by atomic mass is 10.0. The van der Waals surface area contributed by atoms with Crippen LogP contribution in [0.25, 0.3) is 0 Å². The molecular weight excluding hydrogens is 306 g/mol. The molecule has 1 fully saturated rings. The molecule has 1 saturated heterocycles. The number of benzene rings is 1. The van der Waals surface area contributed by atoms with Gasteiger partial charge < -0.3 is 10.1 Å². The van der Waals surface area contributed by atoms with Crippen molar-refractivity contribution in [2.45, 2.75) is 25.8 Å². The van der Waals surface area contributed by atoms with E-state index in [1.165, 1.54) is 0 Å². The van der Waals surface area contributed by atoms with Crippen molar-refractivity contribution in [3.63, 3.8) is 0 Å². The molecule has 1 atom stereocenters.